The van der Waals surface area contributed by atoms with Gasteiger partial charge in [-0.15, -0.1) is 0 Å². The Morgan fingerprint density at radius 3 is 2.82 bits per heavy atom. The van der Waals surface area contributed by atoms with Crippen molar-refractivity contribution in [2.24, 2.45) is 0 Å². The number of hydrogen-bond acceptors (Lipinski definition) is 5. The van der Waals surface area contributed by atoms with E-state index in [1.165, 1.54) is 25.3 Å². The molecule has 1 aromatic rings. The van der Waals surface area contributed by atoms with Crippen LogP contribution in [0.1, 0.15) is 12.5 Å². The van der Waals surface area contributed by atoms with Gasteiger partial charge >= 0.3 is 5.97 Å². The molecule has 0 amide bonds. The summed E-state index contributed by atoms with van der Waals surface area (Å²) < 4.78 is 9.68. The highest BCUT2D eigenvalue weighted by molar-refractivity contribution is 5.87. The van der Waals surface area contributed by atoms with E-state index in [9.17, 15) is 9.90 Å². The molecule has 0 saturated heterocycles. The second-order valence-corrected chi connectivity index (χ2v) is 3.25. The first-order valence-corrected chi connectivity index (χ1v) is 5.09. The summed E-state index contributed by atoms with van der Waals surface area (Å²) in [5.74, 6) is -0.285. The fourth-order valence-corrected chi connectivity index (χ4v) is 1.26. The molecule has 0 heterocycles. The van der Waals surface area contributed by atoms with Crippen molar-refractivity contribution in [1.82, 2.24) is 0 Å². The number of nitrogens with two attached hydrogens (primary N) is 1. The summed E-state index contributed by atoms with van der Waals surface area (Å²) in [7, 11) is 1.42. The van der Waals surface area contributed by atoms with E-state index in [-0.39, 0.29) is 17.2 Å². The van der Waals surface area contributed by atoms with Gasteiger partial charge in [-0.05, 0) is 30.7 Å². The molecule has 1 aromatic carbocycles. The molecule has 0 fully saturated rings. The molecule has 0 bridgehead atoms. The maximum absolute atomic E-state index is 11.1. The molecule has 5 nitrogen and oxygen atoms in total. The molecule has 3 N–H and O–H groups in total. The number of nitrogen functional groups attached to an aromatic ring is 1. The zero-order chi connectivity index (χ0) is 12.8. The lowest BCUT2D eigenvalue weighted by Crippen LogP contribution is -1.98. The fourth-order valence-electron chi connectivity index (χ4n) is 1.26. The smallest absolute Gasteiger partial charge is 0.330 e. The number of methoxy groups -OCH3 is 1. The van der Waals surface area contributed by atoms with E-state index in [1.54, 1.807) is 13.0 Å². The van der Waals surface area contributed by atoms with Crippen LogP contribution in [0.4, 0.5) is 5.69 Å². The van der Waals surface area contributed by atoms with Crippen molar-refractivity contribution >= 4 is 17.7 Å². The summed E-state index contributed by atoms with van der Waals surface area (Å²) in [5, 5.41) is 9.52. The van der Waals surface area contributed by atoms with E-state index in [2.05, 4.69) is 0 Å². The second kappa shape index (κ2) is 5.79. The first-order chi connectivity index (χ1) is 8.08. The Morgan fingerprint density at radius 1 is 1.53 bits per heavy atom. The number of anilines is 1. The van der Waals surface area contributed by atoms with Crippen molar-refractivity contribution < 1.29 is 19.4 Å². The lowest BCUT2D eigenvalue weighted by Gasteiger charge is -2.07. The largest absolute Gasteiger partial charge is 0.503 e. The van der Waals surface area contributed by atoms with Gasteiger partial charge in [0.05, 0.1) is 19.4 Å². The third-order valence-corrected chi connectivity index (χ3v) is 2.05. The molecule has 1 rings (SSSR count). The SMILES string of the molecule is CCOC(=O)/C=C/c1cc(N)c(O)c(OC)c1. The van der Waals surface area contributed by atoms with E-state index in [4.69, 9.17) is 15.2 Å². The maximum atomic E-state index is 11.1. The van der Waals surface area contributed by atoms with Crippen LogP contribution in [0.2, 0.25) is 0 Å². The third-order valence-electron chi connectivity index (χ3n) is 2.05. The minimum absolute atomic E-state index is 0.110. The monoisotopic (exact) mass is 237 g/mol. The number of carbonyl (C=O) groups excluding carboxylic acids is 1. The summed E-state index contributed by atoms with van der Waals surface area (Å²) >= 11 is 0. The van der Waals surface area contributed by atoms with Gasteiger partial charge in [-0.3, -0.25) is 0 Å². The predicted octanol–water partition coefficient (Wildman–Crippen LogP) is 1.56. The zero-order valence-corrected chi connectivity index (χ0v) is 9.77. The van der Waals surface area contributed by atoms with Crippen molar-refractivity contribution in [1.29, 1.82) is 0 Å². The lowest BCUT2D eigenvalue weighted by molar-refractivity contribution is -0.137. The molecule has 0 aliphatic rings. The van der Waals surface area contributed by atoms with E-state index in [1.807, 2.05) is 0 Å². The number of ether oxygens (including phenoxy) is 2. The number of phenolic OH excluding ortho intramolecular Hbond substituents is 1. The molecule has 0 saturated carbocycles. The highest BCUT2D eigenvalue weighted by atomic mass is 16.5. The van der Waals surface area contributed by atoms with Gasteiger partial charge in [-0.1, -0.05) is 0 Å². The number of carbonyl (C=O) groups is 1. The van der Waals surface area contributed by atoms with Crippen molar-refractivity contribution in [3.63, 3.8) is 0 Å². The Morgan fingerprint density at radius 2 is 2.24 bits per heavy atom. The normalized spacial score (nSPS) is 10.5. The Balaban J connectivity index is 2.92. The fraction of sp³-hybridized carbons (Fsp3) is 0.250. The van der Waals surface area contributed by atoms with Crippen LogP contribution in [-0.2, 0) is 9.53 Å². The van der Waals surface area contributed by atoms with Crippen LogP contribution in [0, 0.1) is 0 Å². The molecule has 17 heavy (non-hydrogen) atoms. The number of esters is 1. The first-order valence-electron chi connectivity index (χ1n) is 5.09. The zero-order valence-electron chi connectivity index (χ0n) is 9.77. The summed E-state index contributed by atoms with van der Waals surface area (Å²) in [5.41, 5.74) is 6.41. The Bertz CT molecular complexity index is 440. The average Bonchev–Trinajstić information content (AvgIpc) is 2.31. The topological polar surface area (TPSA) is 81.8 Å². The number of hydrogen-bond donors (Lipinski definition) is 2. The molecular formula is C12H15NO4. The van der Waals surface area contributed by atoms with Gasteiger partial charge in [0.1, 0.15) is 0 Å². The third kappa shape index (κ3) is 3.41. The van der Waals surface area contributed by atoms with Crippen LogP contribution in [0.3, 0.4) is 0 Å². The molecule has 0 radical (unpaired) electrons. The first kappa shape index (κ1) is 12.9. The summed E-state index contributed by atoms with van der Waals surface area (Å²) in [4.78, 5) is 11.1. The maximum Gasteiger partial charge on any atom is 0.330 e. The molecular weight excluding hydrogens is 222 g/mol. The molecule has 0 spiro atoms. The summed E-state index contributed by atoms with van der Waals surface area (Å²) in [6.45, 7) is 2.05. The van der Waals surface area contributed by atoms with E-state index >= 15 is 0 Å². The van der Waals surface area contributed by atoms with Gasteiger partial charge in [-0.2, -0.15) is 0 Å². The number of rotatable bonds is 4. The van der Waals surface area contributed by atoms with Gasteiger partial charge in [0.25, 0.3) is 0 Å². The van der Waals surface area contributed by atoms with Crippen LogP contribution in [0.5, 0.6) is 11.5 Å². The molecule has 92 valence electrons. The van der Waals surface area contributed by atoms with Gasteiger partial charge in [0.15, 0.2) is 11.5 Å². The Hall–Kier alpha value is -2.17. The molecule has 0 atom stereocenters. The number of phenols is 1. The van der Waals surface area contributed by atoms with Crippen molar-refractivity contribution in [2.45, 2.75) is 6.92 Å². The van der Waals surface area contributed by atoms with E-state index < -0.39 is 5.97 Å². The highest BCUT2D eigenvalue weighted by Crippen LogP contribution is 2.33. The minimum atomic E-state index is -0.432. The lowest BCUT2D eigenvalue weighted by atomic mass is 10.1. The minimum Gasteiger partial charge on any atom is -0.503 e. The van der Waals surface area contributed by atoms with Crippen molar-refractivity contribution in [2.75, 3.05) is 19.5 Å². The van der Waals surface area contributed by atoms with Gasteiger partial charge in [0, 0.05) is 6.08 Å². The van der Waals surface area contributed by atoms with Crippen molar-refractivity contribution in [3.8, 4) is 11.5 Å². The number of benzene rings is 1. The Kier molecular flexibility index (Phi) is 4.39. The average molecular weight is 237 g/mol. The summed E-state index contributed by atoms with van der Waals surface area (Å²) in [6.07, 6.45) is 2.82. The molecule has 0 aromatic heterocycles. The molecule has 5 heteroatoms. The van der Waals surface area contributed by atoms with Crippen LogP contribution in [-0.4, -0.2) is 24.8 Å². The van der Waals surface area contributed by atoms with Crippen LogP contribution in [0.15, 0.2) is 18.2 Å². The van der Waals surface area contributed by atoms with E-state index in [0.717, 1.165) is 0 Å². The molecule has 0 aliphatic heterocycles. The standard InChI is InChI=1S/C12H15NO4/c1-3-17-11(14)5-4-8-6-9(13)12(15)10(7-8)16-2/h4-7,15H,3,13H2,1-2H3/b5-4+. The summed E-state index contributed by atoms with van der Waals surface area (Å²) in [6, 6.07) is 3.11. The van der Waals surface area contributed by atoms with Gasteiger partial charge in [-0.25, -0.2) is 4.79 Å². The predicted molar refractivity (Wildman–Crippen MR) is 64.7 cm³/mol. The molecule has 0 unspecified atom stereocenters. The molecule has 0 aliphatic carbocycles. The van der Waals surface area contributed by atoms with Crippen LogP contribution >= 0.6 is 0 Å². The van der Waals surface area contributed by atoms with E-state index in [0.29, 0.717) is 12.2 Å². The highest BCUT2D eigenvalue weighted by Gasteiger charge is 2.06. The van der Waals surface area contributed by atoms with Crippen molar-refractivity contribution in [3.05, 3.63) is 23.8 Å². The van der Waals surface area contributed by atoms with Crippen LogP contribution < -0.4 is 10.5 Å². The quantitative estimate of drug-likeness (QED) is 0.359. The second-order valence-electron chi connectivity index (χ2n) is 3.25. The Labute approximate surface area is 99.5 Å². The van der Waals surface area contributed by atoms with Gasteiger partial charge < -0.3 is 20.3 Å². The van der Waals surface area contributed by atoms with Crippen LogP contribution in [0.25, 0.3) is 6.08 Å². The number of aromatic hydroxyl groups is 1. The van der Waals surface area contributed by atoms with Gasteiger partial charge in [0.2, 0.25) is 0 Å².